The summed E-state index contributed by atoms with van der Waals surface area (Å²) in [6, 6.07) is 12.5. The Morgan fingerprint density at radius 1 is 1.07 bits per heavy atom. The molecule has 0 saturated carbocycles. The first-order valence-corrected chi connectivity index (χ1v) is 9.58. The molecule has 0 heterocycles. The predicted octanol–water partition coefficient (Wildman–Crippen LogP) is 4.24. The molecule has 0 saturated heterocycles. The van der Waals surface area contributed by atoms with Crippen LogP contribution in [0.1, 0.15) is 31.9 Å². The van der Waals surface area contributed by atoms with Crippen molar-refractivity contribution in [2.45, 2.75) is 44.9 Å². The summed E-state index contributed by atoms with van der Waals surface area (Å²) in [6.45, 7) is 5.16. The van der Waals surface area contributed by atoms with Gasteiger partial charge in [0.25, 0.3) is 0 Å². The minimum atomic E-state index is -2.34. The van der Waals surface area contributed by atoms with E-state index in [0.717, 1.165) is 5.56 Å². The number of carbonyl (C=O) groups excluding carboxylic acids is 1. The average molecular weight is 440 g/mol. The van der Waals surface area contributed by atoms with Gasteiger partial charge >= 0.3 is 11.9 Å². The Morgan fingerprint density at radius 3 is 2.10 bits per heavy atom. The molecular formula is C21H23Cl2NO5. The van der Waals surface area contributed by atoms with Crippen molar-refractivity contribution in [3.63, 3.8) is 0 Å². The van der Waals surface area contributed by atoms with Gasteiger partial charge in [0.1, 0.15) is 18.0 Å². The second-order valence-corrected chi connectivity index (χ2v) is 8.41. The lowest BCUT2D eigenvalue weighted by molar-refractivity contribution is -0.169. The van der Waals surface area contributed by atoms with Crippen molar-refractivity contribution >= 4 is 35.1 Å². The number of halogens is 2. The summed E-state index contributed by atoms with van der Waals surface area (Å²) in [5, 5.41) is 9.85. The van der Waals surface area contributed by atoms with Crippen LogP contribution in [0.4, 0.5) is 0 Å². The Kier molecular flexibility index (Phi) is 7.16. The van der Waals surface area contributed by atoms with Gasteiger partial charge in [0.05, 0.1) is 0 Å². The third kappa shape index (κ3) is 6.10. The number of esters is 1. The molecule has 0 fully saturated rings. The summed E-state index contributed by atoms with van der Waals surface area (Å²) in [5.41, 5.74) is 3.85. The lowest BCUT2D eigenvalue weighted by Gasteiger charge is -2.28. The van der Waals surface area contributed by atoms with E-state index in [4.69, 9.17) is 38.4 Å². The molecule has 29 heavy (non-hydrogen) atoms. The number of benzene rings is 2. The van der Waals surface area contributed by atoms with E-state index in [2.05, 4.69) is 0 Å². The van der Waals surface area contributed by atoms with E-state index < -0.39 is 29.5 Å². The fraction of sp³-hybridized carbons (Fsp3) is 0.333. The minimum Gasteiger partial charge on any atom is -0.489 e. The van der Waals surface area contributed by atoms with Crippen LogP contribution in [-0.4, -0.2) is 28.2 Å². The number of carboxylic acid groups (broad SMARTS) is 1. The van der Waals surface area contributed by atoms with Gasteiger partial charge in [-0.25, -0.2) is 9.59 Å². The fourth-order valence-corrected chi connectivity index (χ4v) is 3.06. The molecule has 1 atom stereocenters. The fourth-order valence-electron chi connectivity index (χ4n) is 2.46. The van der Waals surface area contributed by atoms with Gasteiger partial charge in [-0.1, -0.05) is 53.5 Å². The lowest BCUT2D eigenvalue weighted by Crippen LogP contribution is -2.58. The van der Waals surface area contributed by atoms with Gasteiger partial charge in [0.2, 0.25) is 5.54 Å². The van der Waals surface area contributed by atoms with Crippen molar-refractivity contribution in [3.05, 3.63) is 63.6 Å². The molecule has 3 N–H and O–H groups in total. The first kappa shape index (κ1) is 23.0. The van der Waals surface area contributed by atoms with Crippen LogP contribution in [-0.2, 0) is 27.4 Å². The van der Waals surface area contributed by atoms with Gasteiger partial charge < -0.3 is 20.3 Å². The third-order valence-electron chi connectivity index (χ3n) is 3.96. The highest BCUT2D eigenvalue weighted by Crippen LogP contribution is 2.33. The van der Waals surface area contributed by atoms with Gasteiger partial charge in [-0.05, 0) is 44.0 Å². The second kappa shape index (κ2) is 9.03. The highest BCUT2D eigenvalue weighted by molar-refractivity contribution is 6.36. The standard InChI is InChI=1S/C21H23Cl2NO5/c1-20(2,3)29-19(27)21(24,18(25)26)11-15-16(22)9-14(10-17(15)23)28-12-13-7-5-4-6-8-13/h4-10H,11-12,24H2,1-3H3,(H,25,26). The molecule has 0 aliphatic heterocycles. The van der Waals surface area contributed by atoms with Crippen molar-refractivity contribution in [3.8, 4) is 5.75 Å². The van der Waals surface area contributed by atoms with E-state index >= 15 is 0 Å². The minimum absolute atomic E-state index is 0.139. The Hall–Kier alpha value is -2.28. The van der Waals surface area contributed by atoms with E-state index in [-0.39, 0.29) is 15.6 Å². The summed E-state index contributed by atoms with van der Waals surface area (Å²) >= 11 is 12.6. The number of hydrogen-bond donors (Lipinski definition) is 2. The molecule has 0 aliphatic carbocycles. The summed E-state index contributed by atoms with van der Waals surface area (Å²) < 4.78 is 10.9. The summed E-state index contributed by atoms with van der Waals surface area (Å²) in [7, 11) is 0. The number of aliphatic carboxylic acids is 1. The zero-order valence-corrected chi connectivity index (χ0v) is 17.9. The number of ether oxygens (including phenoxy) is 2. The molecule has 156 valence electrons. The van der Waals surface area contributed by atoms with Crippen LogP contribution in [0.2, 0.25) is 10.0 Å². The number of carbonyl (C=O) groups is 2. The average Bonchev–Trinajstić information content (AvgIpc) is 2.62. The van der Waals surface area contributed by atoms with Crippen LogP contribution in [0, 0.1) is 0 Å². The van der Waals surface area contributed by atoms with Crippen molar-refractivity contribution in [2.75, 3.05) is 0 Å². The molecule has 0 amide bonds. The van der Waals surface area contributed by atoms with Crippen LogP contribution in [0.5, 0.6) is 5.75 Å². The van der Waals surface area contributed by atoms with Crippen molar-refractivity contribution in [1.29, 1.82) is 0 Å². The van der Waals surface area contributed by atoms with Crippen molar-refractivity contribution in [1.82, 2.24) is 0 Å². The van der Waals surface area contributed by atoms with Gasteiger partial charge in [-0.3, -0.25) is 0 Å². The molecule has 0 aromatic heterocycles. The molecule has 2 rings (SSSR count). The van der Waals surface area contributed by atoms with Gasteiger partial charge in [-0.15, -0.1) is 0 Å². The quantitative estimate of drug-likeness (QED) is 0.494. The van der Waals surface area contributed by atoms with E-state index in [1.165, 1.54) is 12.1 Å². The van der Waals surface area contributed by atoms with Crippen LogP contribution in [0.15, 0.2) is 42.5 Å². The molecule has 0 aliphatic rings. The maximum absolute atomic E-state index is 12.4. The third-order valence-corrected chi connectivity index (χ3v) is 4.64. The smallest absolute Gasteiger partial charge is 0.338 e. The maximum atomic E-state index is 12.4. The zero-order chi connectivity index (χ0) is 21.8. The number of hydrogen-bond acceptors (Lipinski definition) is 5. The summed E-state index contributed by atoms with van der Waals surface area (Å²) in [6.07, 6.45) is -0.437. The predicted molar refractivity (Wildman–Crippen MR) is 111 cm³/mol. The molecular weight excluding hydrogens is 417 g/mol. The highest BCUT2D eigenvalue weighted by Gasteiger charge is 2.46. The first-order chi connectivity index (χ1) is 13.4. The molecule has 0 spiro atoms. The van der Waals surface area contributed by atoms with Gasteiger partial charge in [0, 0.05) is 16.5 Å². The van der Waals surface area contributed by atoms with Crippen molar-refractivity contribution < 1.29 is 24.2 Å². The summed E-state index contributed by atoms with van der Waals surface area (Å²) in [4.78, 5) is 24.2. The van der Waals surface area contributed by atoms with Crippen LogP contribution in [0.3, 0.4) is 0 Å². The largest absolute Gasteiger partial charge is 0.489 e. The molecule has 0 bridgehead atoms. The van der Waals surface area contributed by atoms with E-state index in [1.54, 1.807) is 20.8 Å². The molecule has 6 nitrogen and oxygen atoms in total. The maximum Gasteiger partial charge on any atom is 0.338 e. The van der Waals surface area contributed by atoms with Crippen LogP contribution >= 0.6 is 23.2 Å². The first-order valence-electron chi connectivity index (χ1n) is 8.83. The Balaban J connectivity index is 2.24. The van der Waals surface area contributed by atoms with Crippen LogP contribution < -0.4 is 10.5 Å². The van der Waals surface area contributed by atoms with E-state index in [9.17, 15) is 14.7 Å². The van der Waals surface area contributed by atoms with Crippen LogP contribution in [0.25, 0.3) is 0 Å². The Morgan fingerprint density at radius 2 is 1.62 bits per heavy atom. The molecule has 1 unspecified atom stereocenters. The van der Waals surface area contributed by atoms with E-state index in [0.29, 0.717) is 12.4 Å². The second-order valence-electron chi connectivity index (χ2n) is 7.59. The molecule has 8 heteroatoms. The Bertz CT molecular complexity index is 873. The number of nitrogens with two attached hydrogens (primary N) is 1. The van der Waals surface area contributed by atoms with Gasteiger partial charge in [-0.2, -0.15) is 0 Å². The molecule has 0 radical (unpaired) electrons. The Labute approximate surface area is 179 Å². The SMILES string of the molecule is CC(C)(C)OC(=O)C(N)(Cc1c(Cl)cc(OCc2ccccc2)cc1Cl)C(=O)O. The highest BCUT2D eigenvalue weighted by atomic mass is 35.5. The van der Waals surface area contributed by atoms with Gasteiger partial charge in [0.15, 0.2) is 0 Å². The normalized spacial score (nSPS) is 13.4. The van der Waals surface area contributed by atoms with Crippen molar-refractivity contribution in [2.24, 2.45) is 5.73 Å². The molecule has 2 aromatic rings. The molecule has 2 aromatic carbocycles. The summed E-state index contributed by atoms with van der Waals surface area (Å²) in [5.74, 6) is -2.21. The lowest BCUT2D eigenvalue weighted by atomic mass is 9.91. The van der Waals surface area contributed by atoms with E-state index in [1.807, 2.05) is 30.3 Å². The zero-order valence-electron chi connectivity index (χ0n) is 16.4. The number of rotatable bonds is 7. The topological polar surface area (TPSA) is 98.9 Å². The monoisotopic (exact) mass is 439 g/mol. The number of carboxylic acids is 1.